The van der Waals surface area contributed by atoms with E-state index in [1.807, 2.05) is 55.9 Å². The predicted octanol–water partition coefficient (Wildman–Crippen LogP) is 4.41. The highest BCUT2D eigenvalue weighted by Crippen LogP contribution is 2.26. The summed E-state index contributed by atoms with van der Waals surface area (Å²) in [5, 5.41) is 8.02. The van der Waals surface area contributed by atoms with E-state index >= 15 is 0 Å². The van der Waals surface area contributed by atoms with Crippen molar-refractivity contribution in [3.8, 4) is 11.4 Å². The molecule has 4 rings (SSSR count). The average Bonchev–Trinajstić information content (AvgIpc) is 3.04. The molecule has 0 spiro atoms. The second-order valence-electron chi connectivity index (χ2n) is 6.35. The van der Waals surface area contributed by atoms with Crippen LogP contribution in [0.1, 0.15) is 5.69 Å². The summed E-state index contributed by atoms with van der Waals surface area (Å²) in [6.45, 7) is 1.96. The number of anilines is 2. The summed E-state index contributed by atoms with van der Waals surface area (Å²) in [6, 6.07) is 18.1. The zero-order chi connectivity index (χ0) is 18.8. The minimum Gasteiger partial charge on any atom is -0.340 e. The van der Waals surface area contributed by atoms with Crippen molar-refractivity contribution in [3.63, 3.8) is 0 Å². The molecule has 1 aromatic carbocycles. The molecule has 0 aliphatic heterocycles. The minimum atomic E-state index is 0.790. The van der Waals surface area contributed by atoms with E-state index in [1.54, 1.807) is 18.1 Å². The number of rotatable bonds is 5. The van der Waals surface area contributed by atoms with Crippen LogP contribution in [0.3, 0.4) is 0 Å². The van der Waals surface area contributed by atoms with Gasteiger partial charge in [-0.2, -0.15) is 9.61 Å². The molecule has 0 atom stereocenters. The number of nitrogens with one attached hydrogen (secondary N) is 1. The fourth-order valence-electron chi connectivity index (χ4n) is 2.78. The monoisotopic (exact) mass is 376 g/mol. The van der Waals surface area contributed by atoms with Crippen LogP contribution in [0.2, 0.25) is 0 Å². The fourth-order valence-corrected chi connectivity index (χ4v) is 3.46. The molecule has 0 aliphatic rings. The number of fused-ring (bicyclic) bond motifs is 1. The van der Waals surface area contributed by atoms with Crippen LogP contribution >= 0.6 is 11.9 Å². The number of nitrogens with zero attached hydrogens (tertiary/aromatic N) is 5. The highest BCUT2D eigenvalue weighted by atomic mass is 32.2. The van der Waals surface area contributed by atoms with E-state index in [0.717, 1.165) is 34.2 Å². The molecule has 3 aromatic heterocycles. The van der Waals surface area contributed by atoms with Crippen molar-refractivity contribution in [1.29, 1.82) is 0 Å². The Bertz CT molecular complexity index is 1060. The van der Waals surface area contributed by atoms with Gasteiger partial charge in [0.1, 0.15) is 5.82 Å². The smallest absolute Gasteiger partial charge is 0.158 e. The van der Waals surface area contributed by atoms with Crippen LogP contribution in [-0.2, 0) is 0 Å². The quantitative estimate of drug-likeness (QED) is 0.521. The highest BCUT2D eigenvalue weighted by Gasteiger charge is 2.11. The Morgan fingerprint density at radius 1 is 1.00 bits per heavy atom. The lowest BCUT2D eigenvalue weighted by atomic mass is 10.2. The lowest BCUT2D eigenvalue weighted by Gasteiger charge is -2.12. The van der Waals surface area contributed by atoms with E-state index in [2.05, 4.69) is 44.0 Å². The summed E-state index contributed by atoms with van der Waals surface area (Å²) in [4.78, 5) is 10.3. The average molecular weight is 376 g/mol. The molecule has 0 unspecified atom stereocenters. The lowest BCUT2D eigenvalue weighted by Crippen LogP contribution is -2.03. The number of benzene rings is 1. The Morgan fingerprint density at radius 2 is 1.81 bits per heavy atom. The first-order chi connectivity index (χ1) is 13.1. The van der Waals surface area contributed by atoms with E-state index in [9.17, 15) is 0 Å². The maximum absolute atomic E-state index is 4.70. The summed E-state index contributed by atoms with van der Waals surface area (Å²) < 4.78 is 3.89. The van der Waals surface area contributed by atoms with Crippen molar-refractivity contribution in [3.05, 3.63) is 66.5 Å². The highest BCUT2D eigenvalue weighted by molar-refractivity contribution is 7.97. The zero-order valence-electron chi connectivity index (χ0n) is 15.4. The van der Waals surface area contributed by atoms with Crippen LogP contribution in [0.15, 0.2) is 65.7 Å². The van der Waals surface area contributed by atoms with Crippen molar-refractivity contribution < 1.29 is 0 Å². The van der Waals surface area contributed by atoms with E-state index in [4.69, 9.17) is 4.98 Å². The Hall–Kier alpha value is -2.90. The molecule has 0 fully saturated rings. The van der Waals surface area contributed by atoms with Gasteiger partial charge in [-0.15, -0.1) is 0 Å². The number of pyridine rings is 1. The summed E-state index contributed by atoms with van der Waals surface area (Å²) in [7, 11) is 4.06. The van der Waals surface area contributed by atoms with Crippen LogP contribution in [-0.4, -0.2) is 38.0 Å². The first-order valence-electron chi connectivity index (χ1n) is 8.60. The largest absolute Gasteiger partial charge is 0.340 e. The summed E-state index contributed by atoms with van der Waals surface area (Å²) in [6.07, 6.45) is 1.77. The van der Waals surface area contributed by atoms with Crippen molar-refractivity contribution in [2.45, 2.75) is 11.8 Å². The van der Waals surface area contributed by atoms with Gasteiger partial charge < -0.3 is 5.32 Å². The van der Waals surface area contributed by atoms with Crippen molar-refractivity contribution in [1.82, 2.24) is 23.9 Å². The molecule has 0 saturated heterocycles. The Labute approximate surface area is 162 Å². The van der Waals surface area contributed by atoms with Crippen molar-refractivity contribution in [2.24, 2.45) is 0 Å². The first kappa shape index (κ1) is 17.5. The summed E-state index contributed by atoms with van der Waals surface area (Å²) in [5.41, 5.74) is 4.34. The molecule has 0 amide bonds. The molecule has 7 heteroatoms. The summed E-state index contributed by atoms with van der Waals surface area (Å²) in [5.74, 6) is 0.849. The second kappa shape index (κ2) is 7.38. The van der Waals surface area contributed by atoms with Gasteiger partial charge in [-0.1, -0.05) is 6.07 Å². The summed E-state index contributed by atoms with van der Waals surface area (Å²) >= 11 is 1.69. The second-order valence-corrected chi connectivity index (χ2v) is 7.73. The minimum absolute atomic E-state index is 0.790. The maximum Gasteiger partial charge on any atom is 0.158 e. The molecule has 3 heterocycles. The topological polar surface area (TPSA) is 58.4 Å². The molecule has 1 N–H and O–H groups in total. The molecule has 0 saturated carbocycles. The Morgan fingerprint density at radius 3 is 2.52 bits per heavy atom. The van der Waals surface area contributed by atoms with Gasteiger partial charge in [0, 0.05) is 28.9 Å². The fraction of sp³-hybridized carbons (Fsp3) is 0.150. The van der Waals surface area contributed by atoms with Crippen LogP contribution in [0.4, 0.5) is 11.5 Å². The number of aryl methyl sites for hydroxylation is 1. The van der Waals surface area contributed by atoms with E-state index in [-0.39, 0.29) is 0 Å². The molecule has 27 heavy (non-hydrogen) atoms. The van der Waals surface area contributed by atoms with Gasteiger partial charge >= 0.3 is 0 Å². The molecule has 4 aromatic rings. The van der Waals surface area contributed by atoms with Crippen LogP contribution in [0, 0.1) is 6.92 Å². The molecular weight excluding hydrogens is 356 g/mol. The molecule has 0 radical (unpaired) electrons. The Balaban J connectivity index is 1.72. The lowest BCUT2D eigenvalue weighted by molar-refractivity contribution is 0.702. The van der Waals surface area contributed by atoms with Gasteiger partial charge in [0.05, 0.1) is 17.1 Å². The number of hydrogen-bond acceptors (Lipinski definition) is 6. The van der Waals surface area contributed by atoms with Crippen molar-refractivity contribution >= 4 is 29.1 Å². The predicted molar refractivity (Wildman–Crippen MR) is 110 cm³/mol. The van der Waals surface area contributed by atoms with E-state index < -0.39 is 0 Å². The molecule has 6 nitrogen and oxygen atoms in total. The third-order valence-electron chi connectivity index (χ3n) is 3.89. The van der Waals surface area contributed by atoms with Gasteiger partial charge in [0.25, 0.3) is 0 Å². The van der Waals surface area contributed by atoms with Gasteiger partial charge in [0.15, 0.2) is 5.65 Å². The van der Waals surface area contributed by atoms with E-state index in [1.165, 1.54) is 4.90 Å². The van der Waals surface area contributed by atoms with Crippen LogP contribution in [0.5, 0.6) is 0 Å². The van der Waals surface area contributed by atoms with Gasteiger partial charge in [-0.25, -0.2) is 4.98 Å². The molecule has 0 aliphatic carbocycles. The van der Waals surface area contributed by atoms with Gasteiger partial charge in [-0.05, 0) is 69.4 Å². The maximum atomic E-state index is 4.70. The first-order valence-corrected chi connectivity index (χ1v) is 9.37. The SMILES string of the molecule is Cc1cc2nc(-c3ccccn3)cc(Nc3ccc(SN(C)C)cc3)n2n1. The molecule has 0 bridgehead atoms. The van der Waals surface area contributed by atoms with Gasteiger partial charge in [0.2, 0.25) is 0 Å². The van der Waals surface area contributed by atoms with Crippen LogP contribution < -0.4 is 5.32 Å². The van der Waals surface area contributed by atoms with E-state index in [0.29, 0.717) is 0 Å². The Kier molecular flexibility index (Phi) is 4.79. The normalized spacial score (nSPS) is 11.3. The zero-order valence-corrected chi connectivity index (χ0v) is 16.2. The molecule has 136 valence electrons. The standard InChI is InChI=1S/C20H20N6S/c1-14-12-19-23-18(17-6-4-5-11-21-17)13-20(26(19)24-14)22-15-7-9-16(10-8-15)27-25(2)3/h4-13,22H,1-3H3. The molecular formula is C20H20N6S. The van der Waals surface area contributed by atoms with Crippen LogP contribution in [0.25, 0.3) is 17.0 Å². The van der Waals surface area contributed by atoms with Gasteiger partial charge in [-0.3, -0.25) is 9.29 Å². The number of hydrogen-bond donors (Lipinski definition) is 1. The third-order valence-corrected chi connectivity index (χ3v) is 4.74. The van der Waals surface area contributed by atoms with Crippen molar-refractivity contribution in [2.75, 3.05) is 19.4 Å². The third kappa shape index (κ3) is 3.94. The number of aromatic nitrogens is 4.